The fourth-order valence-electron chi connectivity index (χ4n) is 3.97. The van der Waals surface area contributed by atoms with Gasteiger partial charge in [-0.25, -0.2) is 9.83 Å². The van der Waals surface area contributed by atoms with Crippen molar-refractivity contribution in [2.45, 2.75) is 33.6 Å². The number of ether oxygens (including phenoxy) is 1. The molecule has 0 saturated heterocycles. The number of hydrogen-bond donors (Lipinski definition) is 0. The molecule has 0 unspecified atom stereocenters. The Morgan fingerprint density at radius 3 is 2.44 bits per heavy atom. The first-order chi connectivity index (χ1) is 16.6. The van der Waals surface area contributed by atoms with Crippen LogP contribution in [-0.2, 0) is 4.74 Å². The lowest BCUT2D eigenvalue weighted by molar-refractivity contribution is 0.318. The van der Waals surface area contributed by atoms with E-state index in [0.717, 1.165) is 58.1 Å². The quantitative estimate of drug-likeness (QED) is 0.314. The summed E-state index contributed by atoms with van der Waals surface area (Å²) < 4.78 is 7.01. The summed E-state index contributed by atoms with van der Waals surface area (Å²) >= 11 is 1.54. The van der Waals surface area contributed by atoms with E-state index in [2.05, 4.69) is 52.8 Å². The van der Waals surface area contributed by atoms with Crippen LogP contribution in [0.15, 0.2) is 83.9 Å². The van der Waals surface area contributed by atoms with E-state index in [9.17, 15) is 0 Å². The minimum Gasteiger partial charge on any atom is -0.462 e. The SMILES string of the molecule is [C-]#[N+]C(=C1C=C(C)OC(C=Cc2ccc(N(CCC)CCC)cc2)=C1)c1nc2ccccc2s1. The van der Waals surface area contributed by atoms with Crippen LogP contribution in [0.3, 0.4) is 0 Å². The van der Waals surface area contributed by atoms with Gasteiger partial charge in [0, 0.05) is 18.8 Å². The second-order valence-corrected chi connectivity index (χ2v) is 9.25. The van der Waals surface area contributed by atoms with Gasteiger partial charge >= 0.3 is 0 Å². The van der Waals surface area contributed by atoms with Crippen molar-refractivity contribution in [2.75, 3.05) is 18.0 Å². The summed E-state index contributed by atoms with van der Waals surface area (Å²) in [6.07, 6.45) is 10.1. The lowest BCUT2D eigenvalue weighted by Gasteiger charge is -2.23. The second kappa shape index (κ2) is 11.0. The molecule has 0 fully saturated rings. The van der Waals surface area contributed by atoms with Crippen molar-refractivity contribution in [1.82, 2.24) is 4.98 Å². The first-order valence-corrected chi connectivity index (χ1v) is 12.5. The molecular weight excluding hydrogens is 438 g/mol. The van der Waals surface area contributed by atoms with E-state index < -0.39 is 0 Å². The van der Waals surface area contributed by atoms with E-state index in [-0.39, 0.29) is 0 Å². The van der Waals surface area contributed by atoms with Gasteiger partial charge in [0.15, 0.2) is 0 Å². The summed E-state index contributed by atoms with van der Waals surface area (Å²) in [4.78, 5) is 10.9. The topological polar surface area (TPSA) is 29.7 Å². The van der Waals surface area contributed by atoms with Gasteiger partial charge in [-0.15, -0.1) is 11.3 Å². The Kier molecular flexibility index (Phi) is 7.61. The van der Waals surface area contributed by atoms with Gasteiger partial charge in [0.25, 0.3) is 0 Å². The highest BCUT2D eigenvalue weighted by Crippen LogP contribution is 2.33. The predicted octanol–water partition coefficient (Wildman–Crippen LogP) is 8.08. The molecule has 0 aliphatic carbocycles. The van der Waals surface area contributed by atoms with Crippen molar-refractivity contribution >= 4 is 39.0 Å². The number of hydrogen-bond acceptors (Lipinski definition) is 4. The molecule has 0 saturated carbocycles. The summed E-state index contributed by atoms with van der Waals surface area (Å²) in [7, 11) is 0. The van der Waals surface area contributed by atoms with E-state index in [1.54, 1.807) is 11.3 Å². The van der Waals surface area contributed by atoms with Crippen LogP contribution in [0.4, 0.5) is 5.69 Å². The second-order valence-electron chi connectivity index (χ2n) is 8.22. The molecule has 2 heterocycles. The maximum absolute atomic E-state index is 7.80. The minimum atomic E-state index is 0.547. The van der Waals surface area contributed by atoms with Crippen LogP contribution >= 0.6 is 11.3 Å². The summed E-state index contributed by atoms with van der Waals surface area (Å²) in [5.74, 6) is 1.46. The molecule has 3 aromatic rings. The molecule has 172 valence electrons. The van der Waals surface area contributed by atoms with E-state index in [4.69, 9.17) is 11.3 Å². The highest BCUT2D eigenvalue weighted by Gasteiger charge is 2.16. The molecule has 4 rings (SSSR count). The molecule has 5 heteroatoms. The van der Waals surface area contributed by atoms with E-state index in [0.29, 0.717) is 11.5 Å². The number of allylic oxidation sites excluding steroid dienone is 5. The van der Waals surface area contributed by atoms with Gasteiger partial charge in [0.1, 0.15) is 16.5 Å². The predicted molar refractivity (Wildman–Crippen MR) is 144 cm³/mol. The van der Waals surface area contributed by atoms with E-state index in [1.807, 2.05) is 55.5 Å². The van der Waals surface area contributed by atoms with Gasteiger partial charge in [-0.3, -0.25) is 0 Å². The smallest absolute Gasteiger partial charge is 0.229 e. The first kappa shape index (κ1) is 23.5. The number of fused-ring (bicyclic) bond motifs is 1. The van der Waals surface area contributed by atoms with Crippen molar-refractivity contribution in [2.24, 2.45) is 0 Å². The van der Waals surface area contributed by atoms with Gasteiger partial charge in [-0.1, -0.05) is 44.2 Å². The largest absolute Gasteiger partial charge is 0.462 e. The Labute approximate surface area is 206 Å². The molecule has 1 aliphatic heterocycles. The normalized spacial score (nSPS) is 15.0. The van der Waals surface area contributed by atoms with Crippen LogP contribution in [0.2, 0.25) is 0 Å². The molecule has 0 radical (unpaired) electrons. The van der Waals surface area contributed by atoms with Gasteiger partial charge in [-0.2, -0.15) is 0 Å². The van der Waals surface area contributed by atoms with Gasteiger partial charge in [-0.05, 0) is 73.4 Å². The molecule has 0 N–H and O–H groups in total. The molecule has 2 aromatic carbocycles. The number of para-hydroxylation sites is 1. The average Bonchev–Trinajstić information content (AvgIpc) is 3.27. The third kappa shape index (κ3) is 5.47. The zero-order valence-electron chi connectivity index (χ0n) is 19.9. The number of anilines is 1. The lowest BCUT2D eigenvalue weighted by Crippen LogP contribution is -2.24. The molecule has 0 spiro atoms. The monoisotopic (exact) mass is 467 g/mol. The summed E-state index contributed by atoms with van der Waals surface area (Å²) in [6, 6.07) is 16.6. The zero-order valence-corrected chi connectivity index (χ0v) is 20.7. The minimum absolute atomic E-state index is 0.547. The standard InChI is InChI=1S/C29H29N3OS/c1-5-17-32(18-6-2)24-14-11-22(12-15-24)13-16-25-20-23(19-21(3)33-25)28(30-4)29-31-26-9-7-8-10-27(26)34-29/h7-16,19-20H,5-6,17-18H2,1-3H3. The molecular formula is C29H29N3OS. The number of benzene rings is 2. The third-order valence-electron chi connectivity index (χ3n) is 5.50. The number of nitrogens with zero attached hydrogens (tertiary/aromatic N) is 3. The van der Waals surface area contributed by atoms with Gasteiger partial charge < -0.3 is 9.64 Å². The lowest BCUT2D eigenvalue weighted by atomic mass is 10.1. The number of thiazole rings is 1. The Morgan fingerprint density at radius 2 is 1.76 bits per heavy atom. The van der Waals surface area contributed by atoms with Crippen molar-refractivity contribution in [3.63, 3.8) is 0 Å². The Hall–Kier alpha value is -3.62. The summed E-state index contributed by atoms with van der Waals surface area (Å²) in [5, 5.41) is 0.732. The van der Waals surface area contributed by atoms with Crippen LogP contribution in [-0.4, -0.2) is 18.1 Å². The summed E-state index contributed by atoms with van der Waals surface area (Å²) in [6.45, 7) is 16.3. The zero-order chi connectivity index (χ0) is 23.9. The highest BCUT2D eigenvalue weighted by atomic mass is 32.1. The Morgan fingerprint density at radius 1 is 1.03 bits per heavy atom. The molecule has 4 nitrogen and oxygen atoms in total. The average molecular weight is 468 g/mol. The van der Waals surface area contributed by atoms with Gasteiger partial charge in [0.2, 0.25) is 5.70 Å². The number of rotatable bonds is 8. The van der Waals surface area contributed by atoms with Crippen LogP contribution < -0.4 is 4.90 Å². The highest BCUT2D eigenvalue weighted by molar-refractivity contribution is 7.19. The molecule has 1 aromatic heterocycles. The Bertz CT molecular complexity index is 1280. The number of aromatic nitrogens is 1. The third-order valence-corrected chi connectivity index (χ3v) is 6.55. The maximum atomic E-state index is 7.80. The van der Waals surface area contributed by atoms with Crippen LogP contribution in [0.1, 0.15) is 44.2 Å². The molecule has 1 aliphatic rings. The molecule has 34 heavy (non-hydrogen) atoms. The fraction of sp³-hybridized carbons (Fsp3) is 0.241. The fourth-order valence-corrected chi connectivity index (χ4v) is 4.95. The van der Waals surface area contributed by atoms with Crippen molar-refractivity contribution in [3.05, 3.63) is 106 Å². The molecule has 0 bridgehead atoms. The van der Waals surface area contributed by atoms with Crippen LogP contribution in [0.5, 0.6) is 0 Å². The van der Waals surface area contributed by atoms with Crippen LogP contribution in [0, 0.1) is 6.57 Å². The summed E-state index contributed by atoms with van der Waals surface area (Å²) in [5.41, 5.74) is 4.65. The van der Waals surface area contributed by atoms with E-state index in [1.165, 1.54) is 5.69 Å². The van der Waals surface area contributed by atoms with Gasteiger partial charge in [0.05, 0.1) is 16.8 Å². The molecule has 0 atom stereocenters. The maximum Gasteiger partial charge on any atom is 0.229 e. The van der Waals surface area contributed by atoms with Crippen LogP contribution in [0.25, 0.3) is 26.8 Å². The molecule has 0 amide bonds. The first-order valence-electron chi connectivity index (χ1n) is 11.7. The van der Waals surface area contributed by atoms with Crippen molar-refractivity contribution in [1.29, 1.82) is 0 Å². The van der Waals surface area contributed by atoms with E-state index >= 15 is 0 Å². The van der Waals surface area contributed by atoms with Crippen molar-refractivity contribution < 1.29 is 4.74 Å². The van der Waals surface area contributed by atoms with Crippen molar-refractivity contribution in [3.8, 4) is 0 Å². The Balaban J connectivity index is 1.58.